The number of hydrogen-bond acceptors (Lipinski definition) is 3. The van der Waals surface area contributed by atoms with Gasteiger partial charge in [0.05, 0.1) is 4.90 Å². The molecule has 1 aromatic rings. The predicted octanol–water partition coefficient (Wildman–Crippen LogP) is 1.44. The molecule has 0 spiro atoms. The van der Waals surface area contributed by atoms with Crippen molar-refractivity contribution in [1.29, 1.82) is 0 Å². The largest absolute Gasteiger partial charge is 0.317 e. The van der Waals surface area contributed by atoms with Crippen molar-refractivity contribution in [2.24, 2.45) is 5.14 Å². The van der Waals surface area contributed by atoms with E-state index >= 15 is 0 Å². The number of benzene rings is 1. The molecular formula is C12H20N2O2S. The van der Waals surface area contributed by atoms with Crippen LogP contribution in [0.4, 0.5) is 0 Å². The van der Waals surface area contributed by atoms with Crippen molar-refractivity contribution in [3.05, 3.63) is 29.8 Å². The van der Waals surface area contributed by atoms with Crippen LogP contribution in [0.1, 0.15) is 31.7 Å². The molecule has 0 amide bonds. The van der Waals surface area contributed by atoms with Crippen LogP contribution >= 0.6 is 0 Å². The topological polar surface area (TPSA) is 72.2 Å². The molecule has 0 heterocycles. The van der Waals surface area contributed by atoms with Crippen molar-refractivity contribution in [1.82, 2.24) is 5.32 Å². The molecule has 5 heteroatoms. The summed E-state index contributed by atoms with van der Waals surface area (Å²) in [6.07, 6.45) is 0.856. The molecular weight excluding hydrogens is 236 g/mol. The number of nitrogens with one attached hydrogen (secondary N) is 1. The number of likely N-dealkylation sites (N-methyl/N-ethyl adjacent to an activating group) is 1. The molecule has 4 nitrogen and oxygen atoms in total. The van der Waals surface area contributed by atoms with Gasteiger partial charge in [-0.05, 0) is 32.0 Å². The molecule has 2 atom stereocenters. The van der Waals surface area contributed by atoms with Gasteiger partial charge in [-0.1, -0.05) is 25.1 Å². The van der Waals surface area contributed by atoms with Gasteiger partial charge in [-0.25, -0.2) is 13.6 Å². The minimum atomic E-state index is -3.66. The fourth-order valence-electron chi connectivity index (χ4n) is 2.09. The summed E-state index contributed by atoms with van der Waals surface area (Å²) < 4.78 is 23.1. The molecule has 0 aliphatic rings. The number of sulfonamides is 1. The molecule has 0 saturated heterocycles. The Kier molecular flexibility index (Phi) is 4.68. The molecule has 0 aliphatic heterocycles. The second-order valence-electron chi connectivity index (χ2n) is 4.17. The fourth-order valence-corrected chi connectivity index (χ4v) is 2.91. The second kappa shape index (κ2) is 5.62. The highest BCUT2D eigenvalue weighted by molar-refractivity contribution is 7.89. The zero-order chi connectivity index (χ0) is 13.1. The van der Waals surface area contributed by atoms with Crippen LogP contribution in [-0.4, -0.2) is 21.5 Å². The zero-order valence-corrected chi connectivity index (χ0v) is 11.3. The molecule has 0 saturated carbocycles. The van der Waals surface area contributed by atoms with Gasteiger partial charge in [-0.2, -0.15) is 0 Å². The fraction of sp³-hybridized carbons (Fsp3) is 0.500. The first-order valence-electron chi connectivity index (χ1n) is 5.70. The summed E-state index contributed by atoms with van der Waals surface area (Å²) in [5.74, 6) is 0.134. The lowest BCUT2D eigenvalue weighted by Crippen LogP contribution is -2.30. The van der Waals surface area contributed by atoms with Crippen molar-refractivity contribution in [2.75, 3.05) is 7.05 Å². The Bertz CT molecular complexity index is 471. The highest BCUT2D eigenvalue weighted by Crippen LogP contribution is 2.28. The number of rotatable bonds is 5. The molecule has 96 valence electrons. The molecule has 17 heavy (non-hydrogen) atoms. The van der Waals surface area contributed by atoms with Crippen molar-refractivity contribution in [3.8, 4) is 0 Å². The van der Waals surface area contributed by atoms with Crippen LogP contribution in [-0.2, 0) is 10.0 Å². The molecule has 0 bridgehead atoms. The summed E-state index contributed by atoms with van der Waals surface area (Å²) in [6, 6.07) is 7.13. The van der Waals surface area contributed by atoms with Gasteiger partial charge in [-0.15, -0.1) is 0 Å². The van der Waals surface area contributed by atoms with Crippen molar-refractivity contribution < 1.29 is 8.42 Å². The first-order valence-corrected chi connectivity index (χ1v) is 7.25. The van der Waals surface area contributed by atoms with E-state index in [1.807, 2.05) is 33.0 Å². The van der Waals surface area contributed by atoms with Gasteiger partial charge in [0.15, 0.2) is 0 Å². The van der Waals surface area contributed by atoms with Gasteiger partial charge in [0, 0.05) is 12.0 Å². The van der Waals surface area contributed by atoms with Gasteiger partial charge >= 0.3 is 0 Å². The molecule has 2 unspecified atom stereocenters. The van der Waals surface area contributed by atoms with Gasteiger partial charge in [0.25, 0.3) is 0 Å². The molecule has 0 radical (unpaired) electrons. The quantitative estimate of drug-likeness (QED) is 0.837. The maximum Gasteiger partial charge on any atom is 0.238 e. The minimum absolute atomic E-state index is 0.134. The Morgan fingerprint density at radius 3 is 2.41 bits per heavy atom. The lowest BCUT2D eigenvalue weighted by Gasteiger charge is -2.24. The lowest BCUT2D eigenvalue weighted by atomic mass is 9.90. The lowest BCUT2D eigenvalue weighted by molar-refractivity contribution is 0.476. The van der Waals surface area contributed by atoms with E-state index in [1.54, 1.807) is 12.1 Å². The molecule has 1 aromatic carbocycles. The third-order valence-electron chi connectivity index (χ3n) is 3.12. The van der Waals surface area contributed by atoms with E-state index in [9.17, 15) is 8.42 Å². The molecule has 1 rings (SSSR count). The number of nitrogens with two attached hydrogens (primary N) is 1. The van der Waals surface area contributed by atoms with E-state index < -0.39 is 10.0 Å². The second-order valence-corrected chi connectivity index (χ2v) is 5.70. The monoisotopic (exact) mass is 256 g/mol. The Balaban J connectivity index is 3.30. The molecule has 0 fully saturated rings. The van der Waals surface area contributed by atoms with Gasteiger partial charge < -0.3 is 5.32 Å². The first-order chi connectivity index (χ1) is 7.91. The van der Waals surface area contributed by atoms with Crippen LogP contribution < -0.4 is 10.5 Å². The predicted molar refractivity (Wildman–Crippen MR) is 69.4 cm³/mol. The Hall–Kier alpha value is -0.910. The number of primary sulfonamides is 1. The van der Waals surface area contributed by atoms with Gasteiger partial charge in [0.2, 0.25) is 10.0 Å². The summed E-state index contributed by atoms with van der Waals surface area (Å²) in [6.45, 7) is 4.08. The maximum absolute atomic E-state index is 11.5. The Labute approximate surface area is 103 Å². The molecule has 3 N–H and O–H groups in total. The summed E-state index contributed by atoms with van der Waals surface area (Å²) in [5, 5.41) is 8.40. The molecule has 0 aromatic heterocycles. The van der Waals surface area contributed by atoms with Crippen LogP contribution in [0.3, 0.4) is 0 Å². The number of hydrogen-bond donors (Lipinski definition) is 2. The van der Waals surface area contributed by atoms with E-state index in [0.29, 0.717) is 0 Å². The first kappa shape index (κ1) is 14.2. The van der Waals surface area contributed by atoms with Crippen LogP contribution in [0.2, 0.25) is 0 Å². The maximum atomic E-state index is 11.5. The summed E-state index contributed by atoms with van der Waals surface area (Å²) in [5.41, 5.74) is 0.791. The van der Waals surface area contributed by atoms with Crippen LogP contribution in [0.25, 0.3) is 0 Å². The molecule has 0 aliphatic carbocycles. The van der Waals surface area contributed by atoms with Crippen LogP contribution in [0.5, 0.6) is 0 Å². The smallest absolute Gasteiger partial charge is 0.238 e. The standard InChI is InChI=1S/C12H20N2O2S/c1-4-10(9(2)14-3)11-7-5-6-8-12(11)17(13,15)16/h5-10,14H,4H2,1-3H3,(H2,13,15,16). The van der Waals surface area contributed by atoms with E-state index in [1.165, 1.54) is 0 Å². The normalized spacial score (nSPS) is 15.5. The van der Waals surface area contributed by atoms with Gasteiger partial charge in [0.1, 0.15) is 0 Å². The SMILES string of the molecule is CCC(c1ccccc1S(N)(=O)=O)C(C)NC. The average molecular weight is 256 g/mol. The minimum Gasteiger partial charge on any atom is -0.317 e. The van der Waals surface area contributed by atoms with E-state index in [4.69, 9.17) is 5.14 Å². The third-order valence-corrected chi connectivity index (χ3v) is 4.11. The van der Waals surface area contributed by atoms with E-state index in [-0.39, 0.29) is 16.9 Å². The Morgan fingerprint density at radius 1 is 1.35 bits per heavy atom. The van der Waals surface area contributed by atoms with E-state index in [0.717, 1.165) is 12.0 Å². The summed E-state index contributed by atoms with van der Waals surface area (Å²) in [7, 11) is -1.79. The average Bonchev–Trinajstić information content (AvgIpc) is 2.29. The van der Waals surface area contributed by atoms with Gasteiger partial charge in [-0.3, -0.25) is 0 Å². The zero-order valence-electron chi connectivity index (χ0n) is 10.5. The highest BCUT2D eigenvalue weighted by Gasteiger charge is 2.22. The van der Waals surface area contributed by atoms with Crippen LogP contribution in [0.15, 0.2) is 29.2 Å². The third kappa shape index (κ3) is 3.28. The van der Waals surface area contributed by atoms with Crippen molar-refractivity contribution >= 4 is 10.0 Å². The highest BCUT2D eigenvalue weighted by atomic mass is 32.2. The Morgan fingerprint density at radius 2 is 1.94 bits per heavy atom. The summed E-state index contributed by atoms with van der Waals surface area (Å²) >= 11 is 0. The van der Waals surface area contributed by atoms with Crippen molar-refractivity contribution in [2.45, 2.75) is 37.1 Å². The van der Waals surface area contributed by atoms with Crippen LogP contribution in [0, 0.1) is 0 Å². The summed E-state index contributed by atoms with van der Waals surface area (Å²) in [4.78, 5) is 0.231. The van der Waals surface area contributed by atoms with Crippen molar-refractivity contribution in [3.63, 3.8) is 0 Å². The van der Waals surface area contributed by atoms with E-state index in [2.05, 4.69) is 5.32 Å².